The zero-order valence-electron chi connectivity index (χ0n) is 14.8. The number of anilines is 1. The predicted molar refractivity (Wildman–Crippen MR) is 98.0 cm³/mol. The van der Waals surface area contributed by atoms with Gasteiger partial charge in [0, 0.05) is 13.3 Å². The summed E-state index contributed by atoms with van der Waals surface area (Å²) in [5, 5.41) is 3.20. The van der Waals surface area contributed by atoms with Gasteiger partial charge in [0.1, 0.15) is 0 Å². The number of aromatic nitrogens is 1. The molecular weight excluding hydrogens is 340 g/mol. The first kappa shape index (κ1) is 18.9. The minimum Gasteiger partial charge on any atom is -0.493 e. The fourth-order valence-electron chi connectivity index (χ4n) is 2.36. The SMILES string of the molecule is CCOc1ccc(CCC(=O)Nc2nc(C)c(C(C)=O)s2)cc1OC. The number of benzene rings is 1. The van der Waals surface area contributed by atoms with Crippen molar-refractivity contribution in [2.75, 3.05) is 19.0 Å². The summed E-state index contributed by atoms with van der Waals surface area (Å²) < 4.78 is 10.8. The Hall–Kier alpha value is -2.41. The lowest BCUT2D eigenvalue weighted by Gasteiger charge is -2.10. The Kier molecular flexibility index (Phi) is 6.52. The molecule has 1 heterocycles. The van der Waals surface area contributed by atoms with Gasteiger partial charge in [-0.25, -0.2) is 4.98 Å². The van der Waals surface area contributed by atoms with Crippen molar-refractivity contribution >= 4 is 28.2 Å². The summed E-state index contributed by atoms with van der Waals surface area (Å²) in [5.74, 6) is 1.16. The van der Waals surface area contributed by atoms with Crippen LogP contribution in [0.3, 0.4) is 0 Å². The molecule has 0 aliphatic rings. The van der Waals surface area contributed by atoms with Crippen LogP contribution in [0.4, 0.5) is 5.13 Å². The third-order valence-corrected chi connectivity index (χ3v) is 4.71. The predicted octanol–water partition coefficient (Wildman–Crippen LogP) is 3.63. The van der Waals surface area contributed by atoms with Crippen molar-refractivity contribution < 1.29 is 19.1 Å². The van der Waals surface area contributed by atoms with Crippen molar-refractivity contribution in [2.45, 2.75) is 33.6 Å². The smallest absolute Gasteiger partial charge is 0.226 e. The van der Waals surface area contributed by atoms with E-state index in [1.807, 2.05) is 25.1 Å². The largest absolute Gasteiger partial charge is 0.493 e. The van der Waals surface area contributed by atoms with Crippen molar-refractivity contribution in [1.82, 2.24) is 4.98 Å². The van der Waals surface area contributed by atoms with Gasteiger partial charge in [-0.3, -0.25) is 9.59 Å². The number of methoxy groups -OCH3 is 1. The van der Waals surface area contributed by atoms with Crippen molar-refractivity contribution in [3.63, 3.8) is 0 Å². The second-order valence-electron chi connectivity index (χ2n) is 5.46. The van der Waals surface area contributed by atoms with Crippen LogP contribution in [0.5, 0.6) is 11.5 Å². The minimum absolute atomic E-state index is 0.0445. The maximum atomic E-state index is 12.1. The average Bonchev–Trinajstić information content (AvgIpc) is 2.94. The number of carbonyl (C=O) groups is 2. The Balaban J connectivity index is 1.95. The molecule has 1 amide bonds. The molecule has 0 radical (unpaired) electrons. The highest BCUT2D eigenvalue weighted by Crippen LogP contribution is 2.28. The number of Topliss-reactive ketones (excluding diaryl/α,β-unsaturated/α-hetero) is 1. The van der Waals surface area contributed by atoms with Crippen LogP contribution < -0.4 is 14.8 Å². The van der Waals surface area contributed by atoms with E-state index < -0.39 is 0 Å². The maximum absolute atomic E-state index is 12.1. The monoisotopic (exact) mass is 362 g/mol. The third kappa shape index (κ3) is 5.03. The number of hydrogen-bond donors (Lipinski definition) is 1. The zero-order valence-corrected chi connectivity index (χ0v) is 15.7. The molecule has 0 fully saturated rings. The molecule has 7 heteroatoms. The van der Waals surface area contributed by atoms with Gasteiger partial charge in [0.25, 0.3) is 0 Å². The van der Waals surface area contributed by atoms with E-state index in [9.17, 15) is 9.59 Å². The summed E-state index contributed by atoms with van der Waals surface area (Å²) in [6, 6.07) is 5.64. The summed E-state index contributed by atoms with van der Waals surface area (Å²) in [7, 11) is 1.59. The second-order valence-corrected chi connectivity index (χ2v) is 6.46. The number of aryl methyl sites for hydroxylation is 2. The molecule has 6 nitrogen and oxygen atoms in total. The number of carbonyl (C=O) groups excluding carboxylic acids is 2. The molecular formula is C18H22N2O4S. The van der Waals surface area contributed by atoms with Gasteiger partial charge in [-0.1, -0.05) is 17.4 Å². The molecule has 0 bridgehead atoms. The Morgan fingerprint density at radius 3 is 2.64 bits per heavy atom. The molecule has 0 aliphatic carbocycles. The standard InChI is InChI=1S/C18H22N2O4S/c1-5-24-14-8-6-13(10-15(14)23-4)7-9-16(22)20-18-19-11(2)17(25-18)12(3)21/h6,8,10H,5,7,9H2,1-4H3,(H,19,20,22). The van der Waals surface area contributed by atoms with Gasteiger partial charge in [0.05, 0.1) is 24.3 Å². The lowest BCUT2D eigenvalue weighted by Crippen LogP contribution is -2.12. The molecule has 1 aromatic heterocycles. The molecule has 0 saturated carbocycles. The normalized spacial score (nSPS) is 10.4. The first-order valence-electron chi connectivity index (χ1n) is 8.02. The van der Waals surface area contributed by atoms with Gasteiger partial charge in [-0.2, -0.15) is 0 Å². The Bertz CT molecular complexity index is 770. The molecule has 2 rings (SSSR count). The van der Waals surface area contributed by atoms with Crippen molar-refractivity contribution in [3.05, 3.63) is 34.3 Å². The van der Waals surface area contributed by atoms with Gasteiger partial charge in [0.2, 0.25) is 5.91 Å². The fraction of sp³-hybridized carbons (Fsp3) is 0.389. The van der Waals surface area contributed by atoms with Gasteiger partial charge in [0.15, 0.2) is 22.4 Å². The van der Waals surface area contributed by atoms with Gasteiger partial charge in [-0.15, -0.1) is 0 Å². The second kappa shape index (κ2) is 8.62. The average molecular weight is 362 g/mol. The molecule has 1 N–H and O–H groups in total. The highest BCUT2D eigenvalue weighted by Gasteiger charge is 2.13. The molecule has 134 valence electrons. The van der Waals surface area contributed by atoms with E-state index in [4.69, 9.17) is 9.47 Å². The van der Waals surface area contributed by atoms with Crippen LogP contribution in [0.15, 0.2) is 18.2 Å². The van der Waals surface area contributed by atoms with E-state index >= 15 is 0 Å². The summed E-state index contributed by atoms with van der Waals surface area (Å²) >= 11 is 1.20. The Labute approximate surface area is 151 Å². The van der Waals surface area contributed by atoms with E-state index in [2.05, 4.69) is 10.3 Å². The summed E-state index contributed by atoms with van der Waals surface area (Å²) in [4.78, 5) is 28.4. The number of thiazole rings is 1. The number of hydrogen-bond acceptors (Lipinski definition) is 6. The molecule has 0 atom stereocenters. The van der Waals surface area contributed by atoms with Crippen LogP contribution in [0.2, 0.25) is 0 Å². The van der Waals surface area contributed by atoms with E-state index in [1.54, 1.807) is 14.0 Å². The minimum atomic E-state index is -0.142. The first-order valence-corrected chi connectivity index (χ1v) is 8.84. The van der Waals surface area contributed by atoms with Crippen LogP contribution in [0.25, 0.3) is 0 Å². The Morgan fingerprint density at radius 1 is 1.28 bits per heavy atom. The van der Waals surface area contributed by atoms with E-state index in [-0.39, 0.29) is 11.7 Å². The number of amides is 1. The lowest BCUT2D eigenvalue weighted by atomic mass is 10.1. The summed E-state index contributed by atoms with van der Waals surface area (Å²) in [6.07, 6.45) is 0.879. The number of ketones is 1. The van der Waals surface area contributed by atoms with E-state index in [1.165, 1.54) is 18.3 Å². The number of ether oxygens (including phenoxy) is 2. The van der Waals surface area contributed by atoms with Gasteiger partial charge in [-0.05, 0) is 38.0 Å². The summed E-state index contributed by atoms with van der Waals surface area (Å²) in [5.41, 5.74) is 1.62. The highest BCUT2D eigenvalue weighted by atomic mass is 32.1. The topological polar surface area (TPSA) is 77.5 Å². The van der Waals surface area contributed by atoms with Crippen LogP contribution >= 0.6 is 11.3 Å². The van der Waals surface area contributed by atoms with Crippen LogP contribution in [0, 0.1) is 6.92 Å². The summed E-state index contributed by atoms with van der Waals surface area (Å²) in [6.45, 7) is 5.73. The van der Waals surface area contributed by atoms with E-state index in [0.717, 1.165) is 5.56 Å². The first-order chi connectivity index (χ1) is 11.9. The molecule has 0 spiro atoms. The number of nitrogens with one attached hydrogen (secondary N) is 1. The quantitative estimate of drug-likeness (QED) is 0.726. The molecule has 2 aromatic rings. The van der Waals surface area contributed by atoms with Crippen LogP contribution in [-0.2, 0) is 11.2 Å². The van der Waals surface area contributed by atoms with Crippen LogP contribution in [-0.4, -0.2) is 30.4 Å². The van der Waals surface area contributed by atoms with Crippen molar-refractivity contribution in [1.29, 1.82) is 0 Å². The molecule has 25 heavy (non-hydrogen) atoms. The fourth-order valence-corrected chi connectivity index (χ4v) is 3.24. The lowest BCUT2D eigenvalue weighted by molar-refractivity contribution is -0.116. The Morgan fingerprint density at radius 2 is 2.04 bits per heavy atom. The van der Waals surface area contributed by atoms with Crippen molar-refractivity contribution in [2.24, 2.45) is 0 Å². The third-order valence-electron chi connectivity index (χ3n) is 3.53. The number of rotatable bonds is 8. The maximum Gasteiger partial charge on any atom is 0.226 e. The van der Waals surface area contributed by atoms with Crippen molar-refractivity contribution in [3.8, 4) is 11.5 Å². The molecule has 0 saturated heterocycles. The van der Waals surface area contributed by atoms with Gasteiger partial charge < -0.3 is 14.8 Å². The zero-order chi connectivity index (χ0) is 18.4. The van der Waals surface area contributed by atoms with Gasteiger partial charge >= 0.3 is 0 Å². The highest BCUT2D eigenvalue weighted by molar-refractivity contribution is 7.17. The molecule has 1 aromatic carbocycles. The van der Waals surface area contributed by atoms with Crippen LogP contribution in [0.1, 0.15) is 41.2 Å². The molecule has 0 unspecified atom stereocenters. The number of nitrogens with zero attached hydrogens (tertiary/aromatic N) is 1. The molecule has 0 aliphatic heterocycles. The van der Waals surface area contributed by atoms with E-state index in [0.29, 0.717) is 46.7 Å².